The van der Waals surface area contributed by atoms with Gasteiger partial charge in [0.25, 0.3) is 0 Å². The van der Waals surface area contributed by atoms with Crippen LogP contribution in [0.25, 0.3) is 21.8 Å². The number of rotatable bonds is 5. The topological polar surface area (TPSA) is 74.6 Å². The molecule has 2 aromatic heterocycles. The van der Waals surface area contributed by atoms with Gasteiger partial charge in [-0.15, -0.1) is 0 Å². The Morgan fingerprint density at radius 3 is 1.54 bits per heavy atom. The first-order valence-corrected chi connectivity index (χ1v) is 9.01. The first-order chi connectivity index (χ1) is 13.7. The molecule has 0 saturated carbocycles. The molecule has 4 rings (SSSR count). The Balaban J connectivity index is 1.53. The molecule has 0 spiro atoms. The highest BCUT2D eigenvalue weighted by molar-refractivity contribution is 6.40. The number of fused-ring (bicyclic) bond motifs is 2. The standard InChI is InChI=1S/C22H20N6/c1-15(25-27-19-11-3-7-17-9-5-13-23-21(17)19)16(2)26-28-20-12-4-8-18-10-6-14-24-22(18)20/h3-14,27-28H,1-2H3/b25-15+,26-16+. The summed E-state index contributed by atoms with van der Waals surface area (Å²) in [5.41, 5.74) is 11.2. The second kappa shape index (κ2) is 7.84. The predicted molar refractivity (Wildman–Crippen MR) is 117 cm³/mol. The van der Waals surface area contributed by atoms with Crippen LogP contribution in [0, 0.1) is 0 Å². The maximum Gasteiger partial charge on any atom is 0.0951 e. The van der Waals surface area contributed by atoms with E-state index in [1.165, 1.54) is 0 Å². The Labute approximate surface area is 163 Å². The Bertz CT molecular complexity index is 1090. The first-order valence-electron chi connectivity index (χ1n) is 9.01. The summed E-state index contributed by atoms with van der Waals surface area (Å²) >= 11 is 0. The van der Waals surface area contributed by atoms with Gasteiger partial charge >= 0.3 is 0 Å². The quantitative estimate of drug-likeness (QED) is 0.381. The number of nitrogens with zero attached hydrogens (tertiary/aromatic N) is 4. The monoisotopic (exact) mass is 368 g/mol. The van der Waals surface area contributed by atoms with E-state index in [1.54, 1.807) is 12.4 Å². The maximum absolute atomic E-state index is 4.46. The molecule has 0 aliphatic heterocycles. The Hall–Kier alpha value is -3.80. The molecule has 2 heterocycles. The van der Waals surface area contributed by atoms with E-state index >= 15 is 0 Å². The number of pyridine rings is 2. The van der Waals surface area contributed by atoms with Crippen LogP contribution in [-0.2, 0) is 0 Å². The molecule has 2 aromatic carbocycles. The minimum absolute atomic E-state index is 0.772. The van der Waals surface area contributed by atoms with Crippen molar-refractivity contribution in [3.8, 4) is 0 Å². The number of nitrogens with one attached hydrogen (secondary N) is 2. The third-order valence-corrected chi connectivity index (χ3v) is 4.48. The predicted octanol–water partition coefficient (Wildman–Crippen LogP) is 5.06. The lowest BCUT2D eigenvalue weighted by Gasteiger charge is -2.08. The van der Waals surface area contributed by atoms with E-state index in [9.17, 15) is 0 Å². The number of para-hydroxylation sites is 2. The number of aromatic nitrogens is 2. The van der Waals surface area contributed by atoms with E-state index in [2.05, 4.69) is 31.0 Å². The van der Waals surface area contributed by atoms with Crippen molar-refractivity contribution in [2.75, 3.05) is 10.9 Å². The van der Waals surface area contributed by atoms with Crippen LogP contribution in [0.2, 0.25) is 0 Å². The molecule has 0 bridgehead atoms. The highest BCUT2D eigenvalue weighted by atomic mass is 15.3. The van der Waals surface area contributed by atoms with Crippen molar-refractivity contribution in [2.24, 2.45) is 10.2 Å². The second-order valence-corrected chi connectivity index (χ2v) is 6.38. The third kappa shape index (κ3) is 3.66. The van der Waals surface area contributed by atoms with Crippen LogP contribution in [0.15, 0.2) is 83.3 Å². The summed E-state index contributed by atoms with van der Waals surface area (Å²) in [6.07, 6.45) is 3.55. The molecule has 6 heteroatoms. The highest BCUT2D eigenvalue weighted by Gasteiger charge is 2.03. The lowest BCUT2D eigenvalue weighted by Crippen LogP contribution is -2.10. The van der Waals surface area contributed by atoms with E-state index in [0.717, 1.165) is 44.6 Å². The van der Waals surface area contributed by atoms with Crippen LogP contribution in [0.4, 0.5) is 11.4 Å². The van der Waals surface area contributed by atoms with Gasteiger partial charge in [0.15, 0.2) is 0 Å². The summed E-state index contributed by atoms with van der Waals surface area (Å²) in [5.74, 6) is 0. The molecule has 2 N–H and O–H groups in total. The molecule has 0 aliphatic carbocycles. The molecule has 28 heavy (non-hydrogen) atoms. The first kappa shape index (κ1) is 17.6. The van der Waals surface area contributed by atoms with Gasteiger partial charge in [-0.3, -0.25) is 20.8 Å². The fourth-order valence-electron chi connectivity index (χ4n) is 2.84. The second-order valence-electron chi connectivity index (χ2n) is 6.38. The van der Waals surface area contributed by atoms with Crippen LogP contribution in [0.3, 0.4) is 0 Å². The van der Waals surface area contributed by atoms with Gasteiger partial charge in [-0.05, 0) is 38.1 Å². The summed E-state index contributed by atoms with van der Waals surface area (Å²) < 4.78 is 0. The third-order valence-electron chi connectivity index (χ3n) is 4.48. The molecule has 4 aromatic rings. The molecule has 0 atom stereocenters. The minimum atomic E-state index is 0.772. The number of benzene rings is 2. The van der Waals surface area contributed by atoms with Gasteiger partial charge in [-0.2, -0.15) is 10.2 Å². The molecule has 0 saturated heterocycles. The van der Waals surface area contributed by atoms with Crippen molar-refractivity contribution in [1.82, 2.24) is 9.97 Å². The van der Waals surface area contributed by atoms with Crippen molar-refractivity contribution in [2.45, 2.75) is 13.8 Å². The number of hydrazone groups is 2. The SMILES string of the molecule is CC(=N\Nc1cccc2cccnc12)/C(C)=N/Nc1cccc2cccnc12. The van der Waals surface area contributed by atoms with Gasteiger partial charge in [0, 0.05) is 23.2 Å². The Morgan fingerprint density at radius 2 is 1.07 bits per heavy atom. The minimum Gasteiger partial charge on any atom is -0.276 e. The van der Waals surface area contributed by atoms with Crippen molar-refractivity contribution < 1.29 is 0 Å². The molecular formula is C22H20N6. The molecule has 6 nitrogen and oxygen atoms in total. The van der Waals surface area contributed by atoms with E-state index in [-0.39, 0.29) is 0 Å². The number of hydrogen-bond acceptors (Lipinski definition) is 6. The Morgan fingerprint density at radius 1 is 0.643 bits per heavy atom. The highest BCUT2D eigenvalue weighted by Crippen LogP contribution is 2.21. The zero-order valence-electron chi connectivity index (χ0n) is 15.7. The summed E-state index contributed by atoms with van der Waals surface area (Å²) in [6.45, 7) is 3.82. The van der Waals surface area contributed by atoms with Gasteiger partial charge < -0.3 is 0 Å². The van der Waals surface area contributed by atoms with Gasteiger partial charge in [0.2, 0.25) is 0 Å². The van der Waals surface area contributed by atoms with Gasteiger partial charge in [-0.1, -0.05) is 36.4 Å². The average Bonchev–Trinajstić information content (AvgIpc) is 2.75. The smallest absolute Gasteiger partial charge is 0.0951 e. The van der Waals surface area contributed by atoms with Crippen molar-refractivity contribution in [3.63, 3.8) is 0 Å². The summed E-state index contributed by atoms with van der Waals surface area (Å²) in [6, 6.07) is 19.8. The lowest BCUT2D eigenvalue weighted by atomic mass is 10.2. The molecular weight excluding hydrogens is 348 g/mol. The van der Waals surface area contributed by atoms with E-state index < -0.39 is 0 Å². The molecule has 0 fully saturated rings. The lowest BCUT2D eigenvalue weighted by molar-refractivity contribution is 1.30. The van der Waals surface area contributed by atoms with Crippen molar-refractivity contribution >= 4 is 44.6 Å². The summed E-state index contributed by atoms with van der Waals surface area (Å²) in [5, 5.41) is 11.0. The van der Waals surface area contributed by atoms with Crippen LogP contribution >= 0.6 is 0 Å². The van der Waals surface area contributed by atoms with Crippen LogP contribution in [0.5, 0.6) is 0 Å². The molecule has 0 amide bonds. The summed E-state index contributed by atoms with van der Waals surface area (Å²) in [7, 11) is 0. The van der Waals surface area contributed by atoms with Gasteiger partial charge in [-0.25, -0.2) is 0 Å². The summed E-state index contributed by atoms with van der Waals surface area (Å²) in [4.78, 5) is 8.86. The van der Waals surface area contributed by atoms with Gasteiger partial charge in [0.05, 0.1) is 33.8 Å². The average molecular weight is 368 g/mol. The largest absolute Gasteiger partial charge is 0.276 e. The molecule has 138 valence electrons. The van der Waals surface area contributed by atoms with Crippen LogP contribution in [0.1, 0.15) is 13.8 Å². The Kier molecular flexibility index (Phi) is 4.93. The fourth-order valence-corrected chi connectivity index (χ4v) is 2.84. The maximum atomic E-state index is 4.46. The molecule has 0 unspecified atom stereocenters. The number of hydrogen-bond donors (Lipinski definition) is 2. The number of anilines is 2. The van der Waals surface area contributed by atoms with E-state index in [0.29, 0.717) is 0 Å². The van der Waals surface area contributed by atoms with Crippen LogP contribution in [-0.4, -0.2) is 21.4 Å². The fraction of sp³-hybridized carbons (Fsp3) is 0.0909. The normalized spacial score (nSPS) is 12.4. The van der Waals surface area contributed by atoms with E-state index in [4.69, 9.17) is 0 Å². The van der Waals surface area contributed by atoms with Gasteiger partial charge in [0.1, 0.15) is 0 Å². The molecule has 0 aliphatic rings. The van der Waals surface area contributed by atoms with Crippen molar-refractivity contribution in [3.05, 3.63) is 73.1 Å². The zero-order valence-corrected chi connectivity index (χ0v) is 15.7. The molecule has 0 radical (unpaired) electrons. The van der Waals surface area contributed by atoms with Crippen molar-refractivity contribution in [1.29, 1.82) is 0 Å². The zero-order chi connectivity index (χ0) is 19.3. The van der Waals surface area contributed by atoms with E-state index in [1.807, 2.05) is 74.5 Å². The van der Waals surface area contributed by atoms with Crippen LogP contribution < -0.4 is 10.9 Å².